The average Bonchev–Trinajstić information content (AvgIpc) is 2.41. The highest BCUT2D eigenvalue weighted by Crippen LogP contribution is 2.26. The molecule has 0 radical (unpaired) electrons. The van der Waals surface area contributed by atoms with Crippen molar-refractivity contribution in [2.75, 3.05) is 17.7 Å². The Labute approximate surface area is 120 Å². The largest absolute Gasteiger partial charge is 0.396 e. The Morgan fingerprint density at radius 2 is 2.11 bits per heavy atom. The van der Waals surface area contributed by atoms with Crippen LogP contribution in [0.5, 0.6) is 0 Å². The Morgan fingerprint density at radius 1 is 1.37 bits per heavy atom. The fraction of sp³-hybridized carbons (Fsp3) is 0.143. The van der Waals surface area contributed by atoms with Crippen molar-refractivity contribution in [1.29, 1.82) is 0 Å². The predicted molar refractivity (Wildman–Crippen MR) is 80.3 cm³/mol. The van der Waals surface area contributed by atoms with E-state index in [0.29, 0.717) is 16.9 Å². The smallest absolute Gasteiger partial charge is 0.259 e. The Hall–Kier alpha value is -1.88. The van der Waals surface area contributed by atoms with Gasteiger partial charge in [-0.1, -0.05) is 12.1 Å². The second-order valence-electron chi connectivity index (χ2n) is 4.24. The molecule has 1 aromatic heterocycles. The van der Waals surface area contributed by atoms with Crippen molar-refractivity contribution in [2.45, 2.75) is 6.92 Å². The number of nitrogens with zero attached hydrogens (tertiary/aromatic N) is 2. The number of benzene rings is 1. The molecule has 0 aliphatic rings. The summed E-state index contributed by atoms with van der Waals surface area (Å²) in [7, 11) is 1.70. The molecule has 0 spiro atoms. The van der Waals surface area contributed by atoms with Crippen LogP contribution < -0.4 is 10.6 Å². The van der Waals surface area contributed by atoms with Crippen LogP contribution in [0, 0.1) is 6.92 Å². The number of hydrogen-bond acceptors (Lipinski definition) is 3. The summed E-state index contributed by atoms with van der Waals surface area (Å²) in [6.45, 7) is 1.95. The van der Waals surface area contributed by atoms with Crippen LogP contribution in [0.15, 0.2) is 41.1 Å². The van der Waals surface area contributed by atoms with Gasteiger partial charge in [0.15, 0.2) is 0 Å². The van der Waals surface area contributed by atoms with Crippen LogP contribution >= 0.6 is 15.9 Å². The molecule has 1 heterocycles. The van der Waals surface area contributed by atoms with Crippen molar-refractivity contribution in [3.05, 3.63) is 52.3 Å². The van der Waals surface area contributed by atoms with Gasteiger partial charge in [-0.15, -0.1) is 0 Å². The predicted octanol–water partition coefficient (Wildman–Crippen LogP) is 3.01. The van der Waals surface area contributed by atoms with Gasteiger partial charge in [0.25, 0.3) is 5.91 Å². The van der Waals surface area contributed by atoms with E-state index < -0.39 is 0 Å². The van der Waals surface area contributed by atoms with Crippen LogP contribution in [0.4, 0.5) is 11.4 Å². The minimum atomic E-state index is -0.117. The van der Waals surface area contributed by atoms with E-state index >= 15 is 0 Å². The van der Waals surface area contributed by atoms with E-state index in [2.05, 4.69) is 20.9 Å². The summed E-state index contributed by atoms with van der Waals surface area (Å²) < 4.78 is 0.805. The number of amides is 1. The Bertz CT molecular complexity index is 628. The van der Waals surface area contributed by atoms with E-state index in [-0.39, 0.29) is 5.91 Å². The van der Waals surface area contributed by atoms with Gasteiger partial charge in [-0.2, -0.15) is 0 Å². The molecule has 0 unspecified atom stereocenters. The van der Waals surface area contributed by atoms with E-state index in [1.54, 1.807) is 25.4 Å². The monoisotopic (exact) mass is 319 g/mol. The lowest BCUT2D eigenvalue weighted by Gasteiger charge is -2.19. The molecule has 0 atom stereocenters. The first-order chi connectivity index (χ1) is 9.02. The highest BCUT2D eigenvalue weighted by Gasteiger charge is 2.18. The zero-order valence-electron chi connectivity index (χ0n) is 10.7. The summed E-state index contributed by atoms with van der Waals surface area (Å²) >= 11 is 3.45. The lowest BCUT2D eigenvalue weighted by atomic mass is 10.1. The second-order valence-corrected chi connectivity index (χ2v) is 5.03. The van der Waals surface area contributed by atoms with Gasteiger partial charge in [0.2, 0.25) is 0 Å². The van der Waals surface area contributed by atoms with Crippen LogP contribution in [-0.2, 0) is 0 Å². The second kappa shape index (κ2) is 5.40. The average molecular weight is 320 g/mol. The van der Waals surface area contributed by atoms with Gasteiger partial charge >= 0.3 is 0 Å². The van der Waals surface area contributed by atoms with Crippen molar-refractivity contribution in [1.82, 2.24) is 4.98 Å². The Balaban J connectivity index is 2.40. The van der Waals surface area contributed by atoms with Crippen molar-refractivity contribution in [3.63, 3.8) is 0 Å². The number of anilines is 2. The summed E-state index contributed by atoms with van der Waals surface area (Å²) in [5.41, 5.74) is 8.58. The van der Waals surface area contributed by atoms with Crippen LogP contribution in [0.1, 0.15) is 15.9 Å². The third-order valence-electron chi connectivity index (χ3n) is 2.92. The number of nitrogen functional groups attached to an aromatic ring is 1. The molecule has 0 saturated carbocycles. The van der Waals surface area contributed by atoms with E-state index in [9.17, 15) is 4.79 Å². The number of aromatic nitrogens is 1. The summed E-state index contributed by atoms with van der Waals surface area (Å²) in [6.07, 6.45) is 3.14. The van der Waals surface area contributed by atoms with Crippen molar-refractivity contribution >= 4 is 33.2 Å². The number of aryl methyl sites for hydroxylation is 1. The number of halogens is 1. The first-order valence-corrected chi connectivity index (χ1v) is 6.54. The van der Waals surface area contributed by atoms with Crippen molar-refractivity contribution in [3.8, 4) is 0 Å². The topological polar surface area (TPSA) is 59.2 Å². The number of nitrogens with two attached hydrogens (primary N) is 1. The summed E-state index contributed by atoms with van der Waals surface area (Å²) in [4.78, 5) is 17.9. The van der Waals surface area contributed by atoms with E-state index in [1.807, 2.05) is 19.1 Å². The molecule has 5 heteroatoms. The number of carbonyl (C=O) groups excluding carboxylic acids is 1. The van der Waals surface area contributed by atoms with Gasteiger partial charge in [0.05, 0.1) is 23.1 Å². The van der Waals surface area contributed by atoms with Crippen LogP contribution in [-0.4, -0.2) is 17.9 Å². The van der Waals surface area contributed by atoms with Crippen molar-refractivity contribution < 1.29 is 4.79 Å². The SMILES string of the molecule is Cc1cccc(C(=O)N(C)c2ccncc2N)c1Br. The lowest BCUT2D eigenvalue weighted by molar-refractivity contribution is 0.0992. The maximum absolute atomic E-state index is 12.5. The number of carbonyl (C=O) groups is 1. The quantitative estimate of drug-likeness (QED) is 0.925. The Kier molecular flexibility index (Phi) is 3.85. The molecule has 0 bridgehead atoms. The third kappa shape index (κ3) is 2.61. The van der Waals surface area contributed by atoms with Gasteiger partial charge < -0.3 is 10.6 Å². The highest BCUT2D eigenvalue weighted by molar-refractivity contribution is 9.10. The van der Waals surface area contributed by atoms with E-state index in [0.717, 1.165) is 10.0 Å². The van der Waals surface area contributed by atoms with Gasteiger partial charge in [-0.25, -0.2) is 0 Å². The van der Waals surface area contributed by atoms with Crippen LogP contribution in [0.2, 0.25) is 0 Å². The first-order valence-electron chi connectivity index (χ1n) is 5.75. The van der Waals surface area contributed by atoms with Crippen LogP contribution in [0.3, 0.4) is 0 Å². The summed E-state index contributed by atoms with van der Waals surface area (Å²) in [6, 6.07) is 7.31. The maximum Gasteiger partial charge on any atom is 0.259 e. The molecule has 2 rings (SSSR count). The minimum absolute atomic E-state index is 0.117. The van der Waals surface area contributed by atoms with E-state index in [1.165, 1.54) is 11.1 Å². The molecule has 98 valence electrons. The fourth-order valence-corrected chi connectivity index (χ4v) is 2.24. The lowest BCUT2D eigenvalue weighted by Crippen LogP contribution is -2.27. The molecule has 1 aromatic carbocycles. The zero-order chi connectivity index (χ0) is 14.0. The molecule has 2 N–H and O–H groups in total. The highest BCUT2D eigenvalue weighted by atomic mass is 79.9. The minimum Gasteiger partial charge on any atom is -0.396 e. The molecule has 1 amide bonds. The molecular formula is C14H14BrN3O. The third-order valence-corrected chi connectivity index (χ3v) is 3.97. The summed E-state index contributed by atoms with van der Waals surface area (Å²) in [5, 5.41) is 0. The molecule has 4 nitrogen and oxygen atoms in total. The molecule has 0 aliphatic heterocycles. The molecule has 0 saturated heterocycles. The van der Waals surface area contributed by atoms with E-state index in [4.69, 9.17) is 5.73 Å². The first kappa shape index (κ1) is 13.5. The molecule has 2 aromatic rings. The van der Waals surface area contributed by atoms with Crippen LogP contribution in [0.25, 0.3) is 0 Å². The summed E-state index contributed by atoms with van der Waals surface area (Å²) in [5.74, 6) is -0.117. The maximum atomic E-state index is 12.5. The number of hydrogen-bond donors (Lipinski definition) is 1. The normalized spacial score (nSPS) is 10.3. The number of pyridine rings is 1. The van der Waals surface area contributed by atoms with Crippen molar-refractivity contribution in [2.24, 2.45) is 0 Å². The standard InChI is InChI=1S/C14H14BrN3O/c1-9-4-3-5-10(13(9)15)14(19)18(2)12-6-7-17-8-11(12)16/h3-8H,16H2,1-2H3. The molecule has 0 fully saturated rings. The van der Waals surface area contributed by atoms with Gasteiger partial charge in [-0.3, -0.25) is 9.78 Å². The zero-order valence-corrected chi connectivity index (χ0v) is 12.3. The number of rotatable bonds is 2. The van der Waals surface area contributed by atoms with Gasteiger partial charge in [0.1, 0.15) is 0 Å². The molecular weight excluding hydrogens is 306 g/mol. The fourth-order valence-electron chi connectivity index (χ4n) is 1.81. The molecule has 19 heavy (non-hydrogen) atoms. The molecule has 0 aliphatic carbocycles. The Morgan fingerprint density at radius 3 is 2.79 bits per heavy atom. The van der Waals surface area contributed by atoms with Gasteiger partial charge in [0, 0.05) is 17.7 Å². The van der Waals surface area contributed by atoms with Gasteiger partial charge in [-0.05, 0) is 40.5 Å².